The molecule has 1 heterocycles. The van der Waals surface area contributed by atoms with Crippen molar-refractivity contribution in [3.8, 4) is 0 Å². The van der Waals surface area contributed by atoms with E-state index in [0.29, 0.717) is 17.0 Å². The minimum atomic E-state index is -2.56. The quantitative estimate of drug-likeness (QED) is 0.398. The molecule has 0 fully saturated rings. The van der Waals surface area contributed by atoms with Gasteiger partial charge in [-0.3, -0.25) is 4.99 Å². The number of nitrogens with zero attached hydrogens (tertiary/aromatic N) is 3. The van der Waals surface area contributed by atoms with E-state index in [9.17, 15) is 8.78 Å². The minimum Gasteiger partial charge on any atom is -0.392 e. The third-order valence-electron chi connectivity index (χ3n) is 3.01. The summed E-state index contributed by atoms with van der Waals surface area (Å²) in [5.74, 6) is 5.27. The predicted molar refractivity (Wildman–Crippen MR) is 87.7 cm³/mol. The van der Waals surface area contributed by atoms with Gasteiger partial charge in [-0.25, -0.2) is 13.8 Å². The summed E-state index contributed by atoms with van der Waals surface area (Å²) in [6.07, 6.45) is 1.22. The lowest BCUT2D eigenvalue weighted by molar-refractivity contribution is 0.0727. The van der Waals surface area contributed by atoms with Crippen molar-refractivity contribution in [1.29, 1.82) is 0 Å². The van der Waals surface area contributed by atoms with Gasteiger partial charge in [-0.15, -0.1) is 0 Å². The average molecular weight is 337 g/mol. The standard InChI is InChI=1S/C15H17F2N5O2/c16-14(17)11-2-1-3-12(4-11)19-7-13(22-18)9-24-15-20-5-10(8-23)6-21-15/h1-7,14-15,20,23H,8-9,18H2. The van der Waals surface area contributed by atoms with Crippen LogP contribution in [0.15, 0.2) is 51.1 Å². The molecule has 1 atom stereocenters. The monoisotopic (exact) mass is 337 g/mol. The Morgan fingerprint density at radius 3 is 2.96 bits per heavy atom. The van der Waals surface area contributed by atoms with Gasteiger partial charge >= 0.3 is 0 Å². The van der Waals surface area contributed by atoms with Crippen LogP contribution < -0.4 is 11.2 Å². The van der Waals surface area contributed by atoms with E-state index in [1.807, 2.05) is 0 Å². The Hall–Kier alpha value is -2.65. The zero-order chi connectivity index (χ0) is 17.4. The maximum Gasteiger partial charge on any atom is 0.263 e. The van der Waals surface area contributed by atoms with Gasteiger partial charge in [0.1, 0.15) is 5.71 Å². The normalized spacial score (nSPS) is 18.1. The number of benzene rings is 1. The number of nitrogens with one attached hydrogen (secondary N) is 1. The van der Waals surface area contributed by atoms with Gasteiger partial charge in [0.15, 0.2) is 0 Å². The second-order valence-electron chi connectivity index (χ2n) is 4.76. The van der Waals surface area contributed by atoms with Crippen LogP contribution in [0.4, 0.5) is 14.5 Å². The molecule has 128 valence electrons. The van der Waals surface area contributed by atoms with E-state index in [1.54, 1.807) is 12.3 Å². The first-order valence-corrected chi connectivity index (χ1v) is 7.02. The number of ether oxygens (including phenoxy) is 1. The Labute approximate surface area is 137 Å². The topological polar surface area (TPSA) is 105 Å². The Balaban J connectivity index is 1.90. The second-order valence-corrected chi connectivity index (χ2v) is 4.76. The van der Waals surface area contributed by atoms with Crippen LogP contribution in [0.3, 0.4) is 0 Å². The Bertz CT molecular complexity index is 674. The van der Waals surface area contributed by atoms with Crippen LogP contribution in [-0.2, 0) is 4.74 Å². The molecular formula is C15H17F2N5O2. The number of hydrogen-bond donors (Lipinski definition) is 3. The number of hydrogen-bond acceptors (Lipinski definition) is 7. The molecule has 0 aromatic heterocycles. The van der Waals surface area contributed by atoms with E-state index >= 15 is 0 Å². The van der Waals surface area contributed by atoms with E-state index in [0.717, 1.165) is 0 Å². The second kappa shape index (κ2) is 8.85. The SMILES string of the molecule is NN=C(C=Nc1cccc(C(F)F)c1)COC1N=CC(CO)=CN1. The lowest BCUT2D eigenvalue weighted by Crippen LogP contribution is -2.31. The van der Waals surface area contributed by atoms with Crippen molar-refractivity contribution in [2.45, 2.75) is 12.8 Å². The van der Waals surface area contributed by atoms with E-state index in [-0.39, 0.29) is 18.8 Å². The Morgan fingerprint density at radius 1 is 1.50 bits per heavy atom. The summed E-state index contributed by atoms with van der Waals surface area (Å²) in [5.41, 5.74) is 1.19. The number of hydrazone groups is 1. The van der Waals surface area contributed by atoms with E-state index in [1.165, 1.54) is 30.6 Å². The molecule has 1 aliphatic rings. The number of aliphatic hydroxyl groups is 1. The maximum atomic E-state index is 12.6. The smallest absolute Gasteiger partial charge is 0.263 e. The molecule has 0 radical (unpaired) electrons. The molecule has 9 heteroatoms. The zero-order valence-electron chi connectivity index (χ0n) is 12.6. The van der Waals surface area contributed by atoms with Gasteiger partial charge in [-0.05, 0) is 12.1 Å². The summed E-state index contributed by atoms with van der Waals surface area (Å²) in [6.45, 7) is -0.102. The molecule has 0 saturated heterocycles. The van der Waals surface area contributed by atoms with Crippen LogP contribution in [0.2, 0.25) is 0 Å². The molecule has 1 unspecified atom stereocenters. The fourth-order valence-corrected chi connectivity index (χ4v) is 1.76. The van der Waals surface area contributed by atoms with Gasteiger partial charge in [-0.2, -0.15) is 5.10 Å². The van der Waals surface area contributed by atoms with Crippen LogP contribution >= 0.6 is 0 Å². The van der Waals surface area contributed by atoms with Gasteiger partial charge in [0.2, 0.25) is 6.35 Å². The molecule has 0 spiro atoms. The first kappa shape index (κ1) is 17.7. The van der Waals surface area contributed by atoms with Crippen molar-refractivity contribution in [3.05, 3.63) is 41.6 Å². The minimum absolute atomic E-state index is 0.0197. The average Bonchev–Trinajstić information content (AvgIpc) is 2.62. The molecule has 2 rings (SSSR count). The predicted octanol–water partition coefficient (Wildman–Crippen LogP) is 1.49. The number of alkyl halides is 2. The molecule has 1 aromatic rings. The molecule has 24 heavy (non-hydrogen) atoms. The Morgan fingerprint density at radius 2 is 2.33 bits per heavy atom. The van der Waals surface area contributed by atoms with Crippen molar-refractivity contribution < 1.29 is 18.6 Å². The summed E-state index contributed by atoms with van der Waals surface area (Å²) in [7, 11) is 0. The van der Waals surface area contributed by atoms with E-state index < -0.39 is 12.8 Å². The number of halogens is 2. The molecular weight excluding hydrogens is 320 g/mol. The fourth-order valence-electron chi connectivity index (χ4n) is 1.76. The summed E-state index contributed by atoms with van der Waals surface area (Å²) in [4.78, 5) is 8.08. The Kier molecular flexibility index (Phi) is 6.52. The van der Waals surface area contributed by atoms with Crippen molar-refractivity contribution in [2.75, 3.05) is 13.2 Å². The zero-order valence-corrected chi connectivity index (χ0v) is 12.6. The highest BCUT2D eigenvalue weighted by Gasteiger charge is 2.10. The molecule has 0 saturated carbocycles. The number of rotatable bonds is 7. The summed E-state index contributed by atoms with van der Waals surface area (Å²) in [5, 5.41) is 15.3. The molecule has 1 aromatic carbocycles. The van der Waals surface area contributed by atoms with Crippen LogP contribution in [0, 0.1) is 0 Å². The largest absolute Gasteiger partial charge is 0.392 e. The summed E-state index contributed by atoms with van der Waals surface area (Å²) >= 11 is 0. The van der Waals surface area contributed by atoms with Gasteiger partial charge in [0.25, 0.3) is 6.43 Å². The van der Waals surface area contributed by atoms with Gasteiger partial charge < -0.3 is 21.0 Å². The van der Waals surface area contributed by atoms with Gasteiger partial charge in [-0.1, -0.05) is 12.1 Å². The van der Waals surface area contributed by atoms with E-state index in [2.05, 4.69) is 20.4 Å². The first-order valence-electron chi connectivity index (χ1n) is 7.02. The van der Waals surface area contributed by atoms with Crippen molar-refractivity contribution in [2.24, 2.45) is 20.9 Å². The van der Waals surface area contributed by atoms with Crippen LogP contribution in [0.25, 0.3) is 0 Å². The van der Waals surface area contributed by atoms with Crippen LogP contribution in [0.1, 0.15) is 12.0 Å². The summed E-state index contributed by atoms with van der Waals surface area (Å²) < 4.78 is 30.7. The molecule has 0 bridgehead atoms. The van der Waals surface area contributed by atoms with Crippen molar-refractivity contribution in [3.63, 3.8) is 0 Å². The van der Waals surface area contributed by atoms with Crippen LogP contribution in [-0.4, -0.2) is 42.8 Å². The third-order valence-corrected chi connectivity index (χ3v) is 3.01. The molecule has 0 aliphatic carbocycles. The lowest BCUT2D eigenvalue weighted by Gasteiger charge is -2.17. The highest BCUT2D eigenvalue weighted by atomic mass is 19.3. The molecule has 1 aliphatic heterocycles. The summed E-state index contributed by atoms with van der Waals surface area (Å²) in [6, 6.07) is 5.69. The van der Waals surface area contributed by atoms with Crippen molar-refractivity contribution in [1.82, 2.24) is 5.32 Å². The highest BCUT2D eigenvalue weighted by Crippen LogP contribution is 2.22. The van der Waals surface area contributed by atoms with Gasteiger partial charge in [0, 0.05) is 23.6 Å². The lowest BCUT2D eigenvalue weighted by atomic mass is 10.2. The molecule has 4 N–H and O–H groups in total. The highest BCUT2D eigenvalue weighted by molar-refractivity contribution is 6.31. The first-order chi connectivity index (χ1) is 11.6. The fraction of sp³-hybridized carbons (Fsp3) is 0.267. The molecule has 7 nitrogen and oxygen atoms in total. The number of nitrogens with two attached hydrogens (primary N) is 1. The maximum absolute atomic E-state index is 12.6. The van der Waals surface area contributed by atoms with Crippen LogP contribution in [0.5, 0.6) is 0 Å². The van der Waals surface area contributed by atoms with Crippen molar-refractivity contribution >= 4 is 23.8 Å². The number of aliphatic imine (C=N–C) groups is 2. The number of aliphatic hydroxyl groups excluding tert-OH is 1. The van der Waals surface area contributed by atoms with Gasteiger partial charge in [0.05, 0.1) is 25.1 Å². The molecule has 0 amide bonds. The van der Waals surface area contributed by atoms with E-state index in [4.69, 9.17) is 15.7 Å². The third kappa shape index (κ3) is 5.21.